The molecular formula is C8H15N2O5P. The summed E-state index contributed by atoms with van der Waals surface area (Å²) >= 11 is 0. The lowest BCUT2D eigenvalue weighted by Crippen LogP contribution is -2.49. The van der Waals surface area contributed by atoms with Crippen molar-refractivity contribution in [3.05, 3.63) is 10.1 Å². The van der Waals surface area contributed by atoms with Gasteiger partial charge in [0.25, 0.3) is 5.54 Å². The molecule has 0 aliphatic carbocycles. The lowest BCUT2D eigenvalue weighted by molar-refractivity contribution is -0.578. The van der Waals surface area contributed by atoms with Crippen LogP contribution in [-0.4, -0.2) is 40.9 Å². The highest BCUT2D eigenvalue weighted by molar-refractivity contribution is 7.51. The Balaban J connectivity index is 2.06. The summed E-state index contributed by atoms with van der Waals surface area (Å²) in [6.45, 7) is 3.98. The van der Waals surface area contributed by atoms with Crippen molar-refractivity contribution in [1.29, 1.82) is 0 Å². The third-order valence-corrected chi connectivity index (χ3v) is 5.28. The van der Waals surface area contributed by atoms with E-state index in [0.717, 1.165) is 0 Å². The molecule has 2 aliphatic rings. The van der Waals surface area contributed by atoms with Crippen LogP contribution >= 0.6 is 7.75 Å². The average molecular weight is 250 g/mol. The van der Waals surface area contributed by atoms with E-state index in [1.807, 2.05) is 6.92 Å². The van der Waals surface area contributed by atoms with E-state index in [1.165, 1.54) is 0 Å². The predicted molar refractivity (Wildman–Crippen MR) is 55.7 cm³/mol. The molecule has 16 heavy (non-hydrogen) atoms. The van der Waals surface area contributed by atoms with Gasteiger partial charge in [-0.15, -0.1) is 0 Å². The third-order valence-electron chi connectivity index (χ3n) is 3.18. The van der Waals surface area contributed by atoms with Crippen molar-refractivity contribution >= 4 is 7.75 Å². The minimum absolute atomic E-state index is 0.142. The van der Waals surface area contributed by atoms with Gasteiger partial charge >= 0.3 is 7.75 Å². The van der Waals surface area contributed by atoms with Gasteiger partial charge in [-0.2, -0.15) is 0 Å². The molecule has 1 unspecified atom stereocenters. The fraction of sp³-hybridized carbons (Fsp3) is 1.00. The van der Waals surface area contributed by atoms with Crippen LogP contribution in [-0.2, 0) is 13.6 Å². The summed E-state index contributed by atoms with van der Waals surface area (Å²) in [6, 6.07) is 0.176. The van der Waals surface area contributed by atoms with E-state index < -0.39 is 18.2 Å². The van der Waals surface area contributed by atoms with Crippen molar-refractivity contribution in [3.8, 4) is 0 Å². The maximum Gasteiger partial charge on any atom is 0.409 e. The summed E-state index contributed by atoms with van der Waals surface area (Å²) in [5.74, 6) is 0. The Labute approximate surface area is 93.4 Å². The molecule has 2 atom stereocenters. The van der Waals surface area contributed by atoms with Crippen LogP contribution in [0.3, 0.4) is 0 Å². The predicted octanol–water partition coefficient (Wildman–Crippen LogP) is 1.27. The summed E-state index contributed by atoms with van der Waals surface area (Å²) in [5.41, 5.74) is -1.24. The van der Waals surface area contributed by atoms with Crippen LogP contribution in [0.4, 0.5) is 0 Å². The Morgan fingerprint density at radius 2 is 2.06 bits per heavy atom. The van der Waals surface area contributed by atoms with E-state index >= 15 is 0 Å². The van der Waals surface area contributed by atoms with Gasteiger partial charge in [-0.05, 0) is 6.92 Å². The number of nitrogens with zero attached hydrogens (tertiary/aromatic N) is 2. The molecule has 0 spiro atoms. The number of hydrogen-bond acceptors (Lipinski definition) is 5. The molecule has 0 N–H and O–H groups in total. The second-order valence-corrected chi connectivity index (χ2v) is 6.29. The summed E-state index contributed by atoms with van der Waals surface area (Å²) in [6.07, 6.45) is 0.301. The van der Waals surface area contributed by atoms with Gasteiger partial charge in [0.1, 0.15) is 13.2 Å². The quantitative estimate of drug-likeness (QED) is 0.324. The molecule has 2 aliphatic heterocycles. The maximum absolute atomic E-state index is 12.1. The van der Waals surface area contributed by atoms with Gasteiger partial charge in [0.15, 0.2) is 0 Å². The van der Waals surface area contributed by atoms with Crippen LogP contribution in [0.2, 0.25) is 0 Å². The number of rotatable bonds is 3. The number of nitro groups is 1. The maximum atomic E-state index is 12.1. The second kappa shape index (κ2) is 3.77. The van der Waals surface area contributed by atoms with Crippen LogP contribution in [0.25, 0.3) is 0 Å². The van der Waals surface area contributed by atoms with Crippen molar-refractivity contribution in [2.24, 2.45) is 0 Å². The van der Waals surface area contributed by atoms with Crippen LogP contribution in [0, 0.1) is 10.1 Å². The highest BCUT2D eigenvalue weighted by Crippen LogP contribution is 2.61. The van der Waals surface area contributed by atoms with Crippen molar-refractivity contribution in [1.82, 2.24) is 4.67 Å². The van der Waals surface area contributed by atoms with Gasteiger partial charge < -0.3 is 0 Å². The molecule has 0 amide bonds. The minimum atomic E-state index is -3.23. The standard InChI is InChI=1S/C8H15N2O5P/c1-3-8(10(11)12)5-14-16(13,15-6-8)9-4-7(9)2/h7H,3-6H2,1-2H3/t7-,8?,9?,16?/m1/s1. The molecule has 92 valence electrons. The lowest BCUT2D eigenvalue weighted by Gasteiger charge is -2.32. The van der Waals surface area contributed by atoms with E-state index in [2.05, 4.69) is 0 Å². The van der Waals surface area contributed by atoms with E-state index in [1.54, 1.807) is 11.6 Å². The molecule has 2 heterocycles. The van der Waals surface area contributed by atoms with E-state index in [4.69, 9.17) is 9.05 Å². The first-order valence-corrected chi connectivity index (χ1v) is 6.74. The van der Waals surface area contributed by atoms with Gasteiger partial charge in [-0.3, -0.25) is 19.2 Å². The van der Waals surface area contributed by atoms with Crippen molar-refractivity contribution in [2.75, 3.05) is 19.8 Å². The van der Waals surface area contributed by atoms with Gasteiger partial charge in [-0.25, -0.2) is 9.24 Å². The lowest BCUT2D eigenvalue weighted by atomic mass is 10.0. The average Bonchev–Trinajstić information content (AvgIpc) is 2.98. The summed E-state index contributed by atoms with van der Waals surface area (Å²) in [4.78, 5) is 10.5. The van der Waals surface area contributed by atoms with E-state index in [0.29, 0.717) is 13.0 Å². The molecule has 0 aromatic heterocycles. The summed E-state index contributed by atoms with van der Waals surface area (Å²) in [7, 11) is -3.23. The Morgan fingerprint density at radius 3 is 2.38 bits per heavy atom. The van der Waals surface area contributed by atoms with Gasteiger partial charge in [-0.1, -0.05) is 6.92 Å². The van der Waals surface area contributed by atoms with Crippen molar-refractivity contribution < 1.29 is 18.5 Å². The van der Waals surface area contributed by atoms with Crippen molar-refractivity contribution in [2.45, 2.75) is 31.8 Å². The molecule has 0 aromatic carbocycles. The van der Waals surface area contributed by atoms with Gasteiger partial charge in [0.2, 0.25) is 0 Å². The highest BCUT2D eigenvalue weighted by atomic mass is 31.2. The zero-order chi connectivity index (χ0) is 12.0. The SMILES string of the molecule is CCC1([N+](=O)[O-])COP(=O)(N2C[C@H]2C)OC1. The van der Waals surface area contributed by atoms with Gasteiger partial charge in [0.05, 0.1) is 0 Å². The Kier molecular flexibility index (Phi) is 2.82. The molecule has 2 rings (SSSR count). The van der Waals surface area contributed by atoms with E-state index in [9.17, 15) is 14.7 Å². The van der Waals surface area contributed by atoms with E-state index in [-0.39, 0.29) is 19.3 Å². The van der Waals surface area contributed by atoms with Crippen LogP contribution in [0.15, 0.2) is 0 Å². The summed E-state index contributed by atoms with van der Waals surface area (Å²) < 4.78 is 24.0. The Morgan fingerprint density at radius 1 is 1.56 bits per heavy atom. The largest absolute Gasteiger partial charge is 0.409 e. The van der Waals surface area contributed by atoms with Crippen LogP contribution < -0.4 is 0 Å². The first-order valence-electron chi connectivity index (χ1n) is 5.24. The molecule has 2 saturated heterocycles. The smallest absolute Gasteiger partial charge is 0.289 e. The topological polar surface area (TPSA) is 81.7 Å². The monoisotopic (exact) mass is 250 g/mol. The van der Waals surface area contributed by atoms with Crippen LogP contribution in [0.1, 0.15) is 20.3 Å². The fourth-order valence-electron chi connectivity index (χ4n) is 1.63. The van der Waals surface area contributed by atoms with Crippen molar-refractivity contribution in [3.63, 3.8) is 0 Å². The Bertz CT molecular complexity index is 348. The summed E-state index contributed by atoms with van der Waals surface area (Å²) in [5, 5.41) is 10.9. The molecule has 0 radical (unpaired) electrons. The molecule has 0 saturated carbocycles. The fourth-order valence-corrected chi connectivity index (χ4v) is 3.73. The molecule has 0 bridgehead atoms. The molecule has 2 fully saturated rings. The molecule has 8 heteroatoms. The zero-order valence-corrected chi connectivity index (χ0v) is 10.2. The van der Waals surface area contributed by atoms with Gasteiger partial charge in [0, 0.05) is 23.9 Å². The zero-order valence-electron chi connectivity index (χ0n) is 9.29. The second-order valence-electron chi connectivity index (χ2n) is 4.32. The van der Waals surface area contributed by atoms with Crippen LogP contribution in [0.5, 0.6) is 0 Å². The number of hydrogen-bond donors (Lipinski definition) is 0. The molecular weight excluding hydrogens is 235 g/mol. The highest BCUT2D eigenvalue weighted by Gasteiger charge is 2.56. The molecule has 7 nitrogen and oxygen atoms in total. The normalized spacial score (nSPS) is 47.6. The third kappa shape index (κ3) is 1.78. The Hall–Kier alpha value is -0.490. The minimum Gasteiger partial charge on any atom is -0.289 e. The first-order chi connectivity index (χ1) is 7.43. The molecule has 0 aromatic rings. The first kappa shape index (κ1) is 12.0.